The summed E-state index contributed by atoms with van der Waals surface area (Å²) < 4.78 is 55.9. The van der Waals surface area contributed by atoms with E-state index in [-0.39, 0.29) is 30.4 Å². The third-order valence-corrected chi connectivity index (χ3v) is 8.33. The third kappa shape index (κ3) is 9.87. The molecule has 0 saturated carbocycles. The van der Waals surface area contributed by atoms with Gasteiger partial charge < -0.3 is 34.8 Å². The first-order valence-electron chi connectivity index (χ1n) is 12.5. The number of anilines is 1. The molecule has 216 valence electrons. The number of nitrogens with one attached hydrogen (secondary N) is 1. The fourth-order valence-corrected chi connectivity index (χ4v) is 6.33. The molecule has 2 aromatic carbocycles. The lowest BCUT2D eigenvalue weighted by Gasteiger charge is -2.35. The van der Waals surface area contributed by atoms with Gasteiger partial charge in [0.25, 0.3) is 7.82 Å². The van der Waals surface area contributed by atoms with E-state index in [1.165, 1.54) is 24.3 Å². The fourth-order valence-electron chi connectivity index (χ4n) is 4.16. The molecule has 1 aliphatic heterocycles. The highest BCUT2D eigenvalue weighted by Crippen LogP contribution is 2.35. The number of nitrogens with two attached hydrogens (primary N) is 1. The summed E-state index contributed by atoms with van der Waals surface area (Å²) in [5, 5.41) is 2.62. The Kier molecular flexibility index (Phi) is 10.9. The van der Waals surface area contributed by atoms with E-state index in [2.05, 4.69) is 5.32 Å². The van der Waals surface area contributed by atoms with Crippen LogP contribution in [0.4, 0.5) is 10.5 Å². The monoisotopic (exact) mass is 584 g/mol. The second-order valence-corrected chi connectivity index (χ2v) is 12.8. The number of sulfonamides is 1. The van der Waals surface area contributed by atoms with Crippen molar-refractivity contribution in [3.63, 3.8) is 0 Å². The van der Waals surface area contributed by atoms with Gasteiger partial charge in [-0.2, -0.15) is 4.31 Å². The highest BCUT2D eigenvalue weighted by Gasteiger charge is 2.35. The van der Waals surface area contributed by atoms with Crippen LogP contribution in [-0.2, 0) is 35.0 Å². The summed E-state index contributed by atoms with van der Waals surface area (Å²) >= 11 is 0. The number of amides is 1. The van der Waals surface area contributed by atoms with Gasteiger partial charge in [-0.15, -0.1) is 0 Å². The second kappa shape index (κ2) is 13.7. The molecule has 14 heteroatoms. The van der Waals surface area contributed by atoms with Gasteiger partial charge >= 0.3 is 6.09 Å². The Morgan fingerprint density at radius 2 is 1.87 bits per heavy atom. The summed E-state index contributed by atoms with van der Waals surface area (Å²) in [7, 11) is -9.53. The molecule has 0 radical (unpaired) electrons. The molecule has 1 fully saturated rings. The fraction of sp³-hybridized carbons (Fsp3) is 0.480. The van der Waals surface area contributed by atoms with Crippen LogP contribution in [0.1, 0.15) is 25.8 Å². The van der Waals surface area contributed by atoms with Crippen molar-refractivity contribution in [2.24, 2.45) is 5.92 Å². The minimum Gasteiger partial charge on any atom is -0.756 e. The van der Waals surface area contributed by atoms with Crippen molar-refractivity contribution in [1.82, 2.24) is 9.62 Å². The molecule has 1 amide bonds. The van der Waals surface area contributed by atoms with Crippen molar-refractivity contribution in [3.8, 4) is 0 Å². The molecule has 3 rings (SSSR count). The normalized spacial score (nSPS) is 19.0. The molecular weight excluding hydrogens is 549 g/mol. The number of ether oxygens (including phenoxy) is 2. The first-order chi connectivity index (χ1) is 18.3. The van der Waals surface area contributed by atoms with Crippen LogP contribution >= 0.6 is 7.82 Å². The van der Waals surface area contributed by atoms with Gasteiger partial charge in [0.2, 0.25) is 10.0 Å². The van der Waals surface area contributed by atoms with Crippen LogP contribution in [0.15, 0.2) is 59.5 Å². The van der Waals surface area contributed by atoms with Gasteiger partial charge in [-0.3, -0.25) is 4.57 Å². The molecule has 12 nitrogen and oxygen atoms in total. The molecule has 1 heterocycles. The first kappa shape index (κ1) is 31.0. The summed E-state index contributed by atoms with van der Waals surface area (Å²) in [5.41, 5.74) is 6.79. The Labute approximate surface area is 228 Å². The van der Waals surface area contributed by atoms with Crippen LogP contribution in [0.25, 0.3) is 0 Å². The van der Waals surface area contributed by atoms with Crippen LogP contribution in [-0.4, -0.2) is 68.3 Å². The van der Waals surface area contributed by atoms with Crippen molar-refractivity contribution in [1.29, 1.82) is 0 Å². The van der Waals surface area contributed by atoms with Gasteiger partial charge in [0, 0.05) is 25.2 Å². The van der Waals surface area contributed by atoms with E-state index in [9.17, 15) is 27.6 Å². The van der Waals surface area contributed by atoms with E-state index in [0.29, 0.717) is 24.3 Å². The van der Waals surface area contributed by atoms with Gasteiger partial charge in [-0.1, -0.05) is 44.2 Å². The van der Waals surface area contributed by atoms with Crippen LogP contribution in [0, 0.1) is 5.92 Å². The Balaban J connectivity index is 1.96. The minimum absolute atomic E-state index is 0.00305. The quantitative estimate of drug-likeness (QED) is 0.232. The summed E-state index contributed by atoms with van der Waals surface area (Å²) in [4.78, 5) is 34.3. The van der Waals surface area contributed by atoms with Crippen molar-refractivity contribution in [2.45, 2.75) is 49.8 Å². The number of phosphoric ester groups is 1. The SMILES string of the molecule is CC(C)CN(C[C@@H](OP(=O)([O-])O)[C@H](Cc1ccccc1)NC(=O)O[C@@H]1CCOC1)S(=O)(=O)c1ccc(N)cc1. The number of alkyl carbamates (subject to hydrolysis) is 1. The van der Waals surface area contributed by atoms with Gasteiger partial charge in [-0.25, -0.2) is 13.2 Å². The number of hydrogen-bond acceptors (Lipinski definition) is 9. The lowest BCUT2D eigenvalue weighted by molar-refractivity contribution is -0.225. The highest BCUT2D eigenvalue weighted by molar-refractivity contribution is 7.89. The minimum atomic E-state index is -5.37. The lowest BCUT2D eigenvalue weighted by Crippen LogP contribution is -2.52. The number of benzene rings is 2. The second-order valence-electron chi connectivity index (χ2n) is 9.73. The number of nitrogens with zero attached hydrogens (tertiary/aromatic N) is 1. The number of carbonyl (C=O) groups excluding carboxylic acids is 1. The largest absolute Gasteiger partial charge is 0.756 e. The van der Waals surface area contributed by atoms with E-state index in [0.717, 1.165) is 4.31 Å². The molecule has 2 aromatic rings. The molecule has 1 saturated heterocycles. The average Bonchev–Trinajstić information content (AvgIpc) is 3.35. The van der Waals surface area contributed by atoms with E-state index in [1.54, 1.807) is 44.2 Å². The maximum atomic E-state index is 13.6. The average molecular weight is 585 g/mol. The van der Waals surface area contributed by atoms with Gasteiger partial charge in [0.05, 0.1) is 24.2 Å². The summed E-state index contributed by atoms with van der Waals surface area (Å²) in [6.45, 7) is 3.77. The third-order valence-electron chi connectivity index (χ3n) is 5.95. The molecular formula is C25H35N3O9PS-. The topological polar surface area (TPSA) is 181 Å². The Hall–Kier alpha value is -2.51. The molecule has 0 spiro atoms. The van der Waals surface area contributed by atoms with E-state index < -0.39 is 48.7 Å². The van der Waals surface area contributed by atoms with Crippen molar-refractivity contribution in [2.75, 3.05) is 32.0 Å². The van der Waals surface area contributed by atoms with E-state index >= 15 is 0 Å². The molecule has 4 N–H and O–H groups in total. The Bertz CT molecular complexity index is 1220. The zero-order valence-electron chi connectivity index (χ0n) is 21.8. The van der Waals surface area contributed by atoms with E-state index in [4.69, 9.17) is 19.7 Å². The van der Waals surface area contributed by atoms with E-state index in [1.807, 2.05) is 0 Å². The van der Waals surface area contributed by atoms with Crippen LogP contribution in [0.2, 0.25) is 0 Å². The number of nitrogen functional groups attached to an aromatic ring is 1. The number of carbonyl (C=O) groups is 1. The smallest absolute Gasteiger partial charge is 0.407 e. The number of rotatable bonds is 13. The molecule has 0 aliphatic carbocycles. The molecule has 0 aromatic heterocycles. The maximum absolute atomic E-state index is 13.6. The predicted molar refractivity (Wildman–Crippen MR) is 142 cm³/mol. The molecule has 0 bridgehead atoms. The zero-order valence-corrected chi connectivity index (χ0v) is 23.6. The van der Waals surface area contributed by atoms with Crippen molar-refractivity contribution >= 4 is 29.6 Å². The van der Waals surface area contributed by atoms with Crippen LogP contribution in [0.3, 0.4) is 0 Å². The molecule has 1 unspecified atom stereocenters. The first-order valence-corrected chi connectivity index (χ1v) is 15.4. The maximum Gasteiger partial charge on any atom is 0.407 e. The Morgan fingerprint density at radius 1 is 1.21 bits per heavy atom. The zero-order chi connectivity index (χ0) is 28.6. The summed E-state index contributed by atoms with van der Waals surface area (Å²) in [6, 6.07) is 13.3. The summed E-state index contributed by atoms with van der Waals surface area (Å²) in [6.07, 6.45) is -2.28. The number of hydrogen-bond donors (Lipinski definition) is 3. The van der Waals surface area contributed by atoms with Gasteiger partial charge in [0.1, 0.15) is 12.2 Å². The van der Waals surface area contributed by atoms with Gasteiger partial charge in [-0.05, 0) is 42.2 Å². The summed E-state index contributed by atoms with van der Waals surface area (Å²) in [5.74, 6) is -0.157. The lowest BCUT2D eigenvalue weighted by atomic mass is 10.0. The van der Waals surface area contributed by atoms with Crippen molar-refractivity contribution < 1.29 is 41.6 Å². The Morgan fingerprint density at radius 3 is 2.44 bits per heavy atom. The predicted octanol–water partition coefficient (Wildman–Crippen LogP) is 1.89. The van der Waals surface area contributed by atoms with Crippen LogP contribution in [0.5, 0.6) is 0 Å². The molecule has 4 atom stereocenters. The van der Waals surface area contributed by atoms with Crippen LogP contribution < -0.4 is 15.9 Å². The number of phosphoric acid groups is 1. The standard InChI is InChI=1S/C25H36N3O9PS/c1-18(2)15-28(39(33,34)22-10-8-20(26)9-11-22)16-24(37-38(30,31)32)23(14-19-6-4-3-5-7-19)27-25(29)36-21-12-13-35-17-21/h3-11,18,21,23-24H,12-17,26H2,1-2H3,(H,27,29)(H2,30,31,32)/p-1/t21-,23+,24-/m1/s1. The molecule has 39 heavy (non-hydrogen) atoms. The molecule has 1 aliphatic rings. The highest BCUT2D eigenvalue weighted by atomic mass is 32.2. The van der Waals surface area contributed by atoms with Crippen molar-refractivity contribution in [3.05, 3.63) is 60.2 Å². The van der Waals surface area contributed by atoms with Gasteiger partial charge in [0.15, 0.2) is 0 Å².